The molecule has 2 radical (unpaired) electrons. The molecule has 1 N–H and O–H groups in total. The van der Waals surface area contributed by atoms with Gasteiger partial charge in [-0.1, -0.05) is 0 Å². The zero-order chi connectivity index (χ0) is 5.82. The fourth-order valence-electron chi connectivity index (χ4n) is 1.11. The predicted octanol–water partition coefficient (Wildman–Crippen LogP) is 0.911. The first-order chi connectivity index (χ1) is 3.93. The first-order valence-electron chi connectivity index (χ1n) is 3.31. The molecule has 2 heteroatoms. The summed E-state index contributed by atoms with van der Waals surface area (Å²) in [6, 6.07) is 0. The Morgan fingerprint density at radius 1 is 1.38 bits per heavy atom. The zero-order valence-corrected chi connectivity index (χ0v) is 8.26. The second-order valence-corrected chi connectivity index (χ2v) is 6.29. The molecule has 1 fully saturated rings. The van der Waals surface area contributed by atoms with Gasteiger partial charge in [-0.05, 0) is 0 Å². The second-order valence-electron chi connectivity index (χ2n) is 2.31. The van der Waals surface area contributed by atoms with E-state index in [4.69, 9.17) is 0 Å². The van der Waals surface area contributed by atoms with Crippen LogP contribution in [0.4, 0.5) is 0 Å². The number of hydrogen-bond donors (Lipinski definition) is 1. The Morgan fingerprint density at radius 3 is 2.38 bits per heavy atom. The molecule has 0 aromatic rings. The molecule has 0 bridgehead atoms. The third kappa shape index (κ3) is 1.94. The number of nitrogens with one attached hydrogen (secondary N) is 1. The van der Waals surface area contributed by atoms with E-state index in [9.17, 15) is 0 Å². The molecular weight excluding hydrogens is 205 g/mol. The topological polar surface area (TPSA) is 12.0 Å². The summed E-state index contributed by atoms with van der Waals surface area (Å²) in [6.45, 7) is 2.58. The van der Waals surface area contributed by atoms with E-state index >= 15 is 0 Å². The van der Waals surface area contributed by atoms with Gasteiger partial charge in [0.05, 0.1) is 0 Å². The van der Waals surface area contributed by atoms with Gasteiger partial charge in [-0.15, -0.1) is 0 Å². The van der Waals surface area contributed by atoms with E-state index < -0.39 is 0 Å². The standard InChI is InChI=1S/C5H10N.CH3.Sn/c1-2-4-6-5-3-1;;/h1,6H,2-5H2;1H3;. The van der Waals surface area contributed by atoms with Gasteiger partial charge in [-0.2, -0.15) is 0 Å². The Bertz CT molecular complexity index is 59.5. The van der Waals surface area contributed by atoms with E-state index in [1.165, 1.54) is 29.9 Å². The monoisotopic (exact) mass is 219 g/mol. The van der Waals surface area contributed by atoms with E-state index in [1.807, 2.05) is 0 Å². The van der Waals surface area contributed by atoms with Crippen LogP contribution in [0, 0.1) is 0 Å². The van der Waals surface area contributed by atoms with Crippen LogP contribution in [-0.2, 0) is 0 Å². The molecule has 8 heavy (non-hydrogen) atoms. The Labute approximate surface area is 61.5 Å². The Balaban J connectivity index is 2.13. The van der Waals surface area contributed by atoms with E-state index in [2.05, 4.69) is 10.3 Å². The Hall–Kier alpha value is 0.759. The van der Waals surface area contributed by atoms with E-state index in [1.54, 1.807) is 0 Å². The third-order valence-electron chi connectivity index (χ3n) is 1.75. The van der Waals surface area contributed by atoms with Crippen LogP contribution in [0.2, 0.25) is 8.87 Å². The van der Waals surface area contributed by atoms with Crippen molar-refractivity contribution in [3.8, 4) is 0 Å². The molecule has 0 spiro atoms. The second kappa shape index (κ2) is 3.72. The van der Waals surface area contributed by atoms with Crippen LogP contribution in [0.25, 0.3) is 0 Å². The van der Waals surface area contributed by atoms with Crippen LogP contribution < -0.4 is 5.32 Å². The van der Waals surface area contributed by atoms with Crippen LogP contribution in [0.5, 0.6) is 0 Å². The normalized spacial score (nSPS) is 23.6. The summed E-state index contributed by atoms with van der Waals surface area (Å²) in [5, 5.41) is 3.38. The average molecular weight is 218 g/mol. The molecule has 0 atom stereocenters. The van der Waals surface area contributed by atoms with Crippen molar-refractivity contribution in [2.75, 3.05) is 13.1 Å². The van der Waals surface area contributed by atoms with Crippen molar-refractivity contribution in [2.24, 2.45) is 0 Å². The molecule has 0 aromatic carbocycles. The average Bonchev–Trinajstić information content (AvgIpc) is 1.90. The van der Waals surface area contributed by atoms with Gasteiger partial charge >= 0.3 is 61.3 Å². The summed E-state index contributed by atoms with van der Waals surface area (Å²) < 4.78 is 1.19. The summed E-state index contributed by atoms with van der Waals surface area (Å²) in [7, 11) is 0. The SMILES string of the molecule is [CH3][Sn][CH]1CCNCC1. The molecule has 1 aliphatic heterocycles. The van der Waals surface area contributed by atoms with Crippen LogP contribution in [-0.4, -0.2) is 34.2 Å². The number of hydrogen-bond acceptors (Lipinski definition) is 1. The minimum absolute atomic E-state index is 0.0934. The fraction of sp³-hybridized carbons (Fsp3) is 1.00. The van der Waals surface area contributed by atoms with Crippen LogP contribution in [0.3, 0.4) is 0 Å². The van der Waals surface area contributed by atoms with Gasteiger partial charge in [0.25, 0.3) is 0 Å². The maximum atomic E-state index is 3.38. The number of rotatable bonds is 1. The van der Waals surface area contributed by atoms with Gasteiger partial charge in [0.2, 0.25) is 0 Å². The minimum atomic E-state index is 0.0934. The molecule has 0 unspecified atom stereocenters. The number of piperidine rings is 1. The molecule has 1 aliphatic rings. The van der Waals surface area contributed by atoms with Crippen molar-refractivity contribution in [3.63, 3.8) is 0 Å². The summed E-state index contributed by atoms with van der Waals surface area (Å²) >= 11 is 0.0934. The van der Waals surface area contributed by atoms with E-state index in [-0.39, 0.29) is 21.1 Å². The van der Waals surface area contributed by atoms with Gasteiger partial charge in [-0.25, -0.2) is 0 Å². The molecular formula is C6H13NSn. The van der Waals surface area contributed by atoms with Crippen molar-refractivity contribution in [1.29, 1.82) is 0 Å². The van der Waals surface area contributed by atoms with Crippen molar-refractivity contribution in [3.05, 3.63) is 0 Å². The fourth-order valence-corrected chi connectivity index (χ4v) is 3.58. The first-order valence-corrected chi connectivity index (χ1v) is 7.81. The predicted molar refractivity (Wildman–Crippen MR) is 37.5 cm³/mol. The Morgan fingerprint density at radius 2 is 2.00 bits per heavy atom. The van der Waals surface area contributed by atoms with Crippen molar-refractivity contribution in [1.82, 2.24) is 5.32 Å². The summed E-state index contributed by atoms with van der Waals surface area (Å²) in [5.74, 6) is 0. The van der Waals surface area contributed by atoms with Crippen LogP contribution in [0.1, 0.15) is 12.8 Å². The van der Waals surface area contributed by atoms with E-state index in [0.717, 1.165) is 0 Å². The molecule has 0 aromatic heterocycles. The molecule has 0 amide bonds. The molecule has 1 saturated heterocycles. The summed E-state index contributed by atoms with van der Waals surface area (Å²) in [5.41, 5.74) is 0. The van der Waals surface area contributed by atoms with Crippen molar-refractivity contribution in [2.45, 2.75) is 21.7 Å². The van der Waals surface area contributed by atoms with Crippen LogP contribution in [0.15, 0.2) is 0 Å². The van der Waals surface area contributed by atoms with Crippen molar-refractivity contribution >= 4 is 21.1 Å². The molecule has 1 rings (SSSR count). The van der Waals surface area contributed by atoms with Gasteiger partial charge in [0, 0.05) is 0 Å². The summed E-state index contributed by atoms with van der Waals surface area (Å²) in [6.07, 6.45) is 2.95. The molecule has 46 valence electrons. The molecule has 1 heterocycles. The quantitative estimate of drug-likeness (QED) is 0.645. The molecule has 0 saturated carbocycles. The van der Waals surface area contributed by atoms with E-state index in [0.29, 0.717) is 0 Å². The van der Waals surface area contributed by atoms with Gasteiger partial charge in [0.15, 0.2) is 0 Å². The third-order valence-corrected chi connectivity index (χ3v) is 5.73. The van der Waals surface area contributed by atoms with Crippen molar-refractivity contribution < 1.29 is 0 Å². The first kappa shape index (κ1) is 6.87. The van der Waals surface area contributed by atoms with Crippen LogP contribution >= 0.6 is 0 Å². The summed E-state index contributed by atoms with van der Waals surface area (Å²) in [4.78, 5) is 2.46. The Kier molecular flexibility index (Phi) is 3.20. The molecule has 1 nitrogen and oxygen atoms in total. The van der Waals surface area contributed by atoms with Gasteiger partial charge < -0.3 is 0 Å². The van der Waals surface area contributed by atoms with Gasteiger partial charge in [0.1, 0.15) is 0 Å². The van der Waals surface area contributed by atoms with Gasteiger partial charge in [-0.3, -0.25) is 0 Å². The molecule has 0 aliphatic carbocycles. The maximum absolute atomic E-state index is 3.38. The zero-order valence-electron chi connectivity index (χ0n) is 5.41.